The van der Waals surface area contributed by atoms with Crippen molar-refractivity contribution in [3.8, 4) is 0 Å². The first-order chi connectivity index (χ1) is 8.10. The van der Waals surface area contributed by atoms with E-state index in [9.17, 15) is 0 Å². The smallest absolute Gasteiger partial charge is 0.128 e. The van der Waals surface area contributed by atoms with Crippen LogP contribution in [0.4, 0.5) is 5.82 Å². The Kier molecular flexibility index (Phi) is 5.42. The van der Waals surface area contributed by atoms with Gasteiger partial charge in [0.1, 0.15) is 5.82 Å². The normalized spacial score (nSPS) is 12.5. The minimum absolute atomic E-state index is 0.0577. The van der Waals surface area contributed by atoms with Crippen LogP contribution >= 0.6 is 0 Å². The second-order valence-corrected chi connectivity index (χ2v) is 4.67. The highest BCUT2D eigenvalue weighted by Crippen LogP contribution is 2.20. The molecule has 0 radical (unpaired) electrons. The molecule has 3 heteroatoms. The van der Waals surface area contributed by atoms with Gasteiger partial charge >= 0.3 is 0 Å². The molecule has 0 amide bonds. The van der Waals surface area contributed by atoms with Crippen molar-refractivity contribution in [2.75, 3.05) is 18.0 Å². The molecule has 3 nitrogen and oxygen atoms in total. The summed E-state index contributed by atoms with van der Waals surface area (Å²) in [5, 5.41) is 0. The van der Waals surface area contributed by atoms with Crippen LogP contribution in [-0.4, -0.2) is 18.1 Å². The zero-order valence-electron chi connectivity index (χ0n) is 11.5. The Balaban J connectivity index is 2.93. The topological polar surface area (TPSA) is 42.1 Å². The highest BCUT2D eigenvalue weighted by atomic mass is 15.2. The number of nitrogens with two attached hydrogens (primary N) is 1. The van der Waals surface area contributed by atoms with Gasteiger partial charge in [0.15, 0.2) is 0 Å². The molecular formula is C14H25N3. The Labute approximate surface area is 105 Å². The zero-order valence-corrected chi connectivity index (χ0v) is 11.5. The van der Waals surface area contributed by atoms with E-state index in [0.717, 1.165) is 37.3 Å². The molecule has 0 spiro atoms. The zero-order chi connectivity index (χ0) is 12.8. The van der Waals surface area contributed by atoms with Crippen LogP contribution in [0.3, 0.4) is 0 Å². The molecule has 0 saturated carbocycles. The summed E-state index contributed by atoms with van der Waals surface area (Å²) in [6.07, 6.45) is 4.22. The van der Waals surface area contributed by atoms with E-state index in [2.05, 4.69) is 36.7 Å². The van der Waals surface area contributed by atoms with Gasteiger partial charge in [0.05, 0.1) is 0 Å². The predicted octanol–water partition coefficient (Wildman–Crippen LogP) is 3.04. The fourth-order valence-corrected chi connectivity index (χ4v) is 2.08. The molecule has 0 bridgehead atoms. The summed E-state index contributed by atoms with van der Waals surface area (Å²) in [4.78, 5) is 6.89. The summed E-state index contributed by atoms with van der Waals surface area (Å²) in [5.41, 5.74) is 8.28. The summed E-state index contributed by atoms with van der Waals surface area (Å²) < 4.78 is 0. The van der Waals surface area contributed by atoms with Gasteiger partial charge in [-0.2, -0.15) is 0 Å². The Morgan fingerprint density at radius 3 is 2.29 bits per heavy atom. The van der Waals surface area contributed by atoms with Gasteiger partial charge < -0.3 is 10.6 Å². The van der Waals surface area contributed by atoms with Crippen molar-refractivity contribution in [1.82, 2.24) is 4.98 Å². The number of pyridine rings is 1. The average Bonchev–Trinajstić information content (AvgIpc) is 2.28. The lowest BCUT2D eigenvalue weighted by atomic mass is 10.1. The van der Waals surface area contributed by atoms with E-state index in [1.807, 2.05) is 13.1 Å². The first-order valence-electron chi connectivity index (χ1n) is 6.57. The van der Waals surface area contributed by atoms with Crippen LogP contribution in [0.15, 0.2) is 12.3 Å². The van der Waals surface area contributed by atoms with Crippen molar-refractivity contribution in [2.24, 2.45) is 5.73 Å². The van der Waals surface area contributed by atoms with Crippen molar-refractivity contribution in [1.29, 1.82) is 0 Å². The fraction of sp³-hybridized carbons (Fsp3) is 0.643. The molecule has 0 saturated heterocycles. The van der Waals surface area contributed by atoms with E-state index in [0.29, 0.717) is 0 Å². The van der Waals surface area contributed by atoms with Gasteiger partial charge in [-0.1, -0.05) is 13.8 Å². The highest BCUT2D eigenvalue weighted by molar-refractivity contribution is 5.44. The third kappa shape index (κ3) is 3.70. The summed E-state index contributed by atoms with van der Waals surface area (Å²) in [5.74, 6) is 1.08. The highest BCUT2D eigenvalue weighted by Gasteiger charge is 2.09. The number of nitrogens with zero attached hydrogens (tertiary/aromatic N) is 2. The number of anilines is 1. The molecule has 1 rings (SSSR count). The van der Waals surface area contributed by atoms with E-state index in [1.54, 1.807) is 0 Å². The monoisotopic (exact) mass is 235 g/mol. The first-order valence-corrected chi connectivity index (χ1v) is 6.57. The lowest BCUT2D eigenvalue weighted by Crippen LogP contribution is -2.26. The van der Waals surface area contributed by atoms with Crippen molar-refractivity contribution in [2.45, 2.75) is 46.6 Å². The molecule has 0 aliphatic rings. The SMILES string of the molecule is CCCN(CCC)c1cc(C)c([C@@H](C)N)cn1. The van der Waals surface area contributed by atoms with Gasteiger partial charge in [-0.15, -0.1) is 0 Å². The van der Waals surface area contributed by atoms with Crippen LogP contribution in [0.25, 0.3) is 0 Å². The maximum Gasteiger partial charge on any atom is 0.128 e. The van der Waals surface area contributed by atoms with Gasteiger partial charge in [-0.3, -0.25) is 0 Å². The Hall–Kier alpha value is -1.09. The molecule has 1 heterocycles. The van der Waals surface area contributed by atoms with E-state index in [4.69, 9.17) is 5.73 Å². The van der Waals surface area contributed by atoms with E-state index < -0.39 is 0 Å². The lowest BCUT2D eigenvalue weighted by molar-refractivity contribution is 0.729. The number of hydrogen-bond acceptors (Lipinski definition) is 3. The molecule has 1 atom stereocenters. The number of hydrogen-bond donors (Lipinski definition) is 1. The third-order valence-electron chi connectivity index (χ3n) is 2.94. The fourth-order valence-electron chi connectivity index (χ4n) is 2.08. The molecule has 2 N–H and O–H groups in total. The van der Waals surface area contributed by atoms with Crippen molar-refractivity contribution in [3.05, 3.63) is 23.4 Å². The van der Waals surface area contributed by atoms with E-state index in [-0.39, 0.29) is 6.04 Å². The van der Waals surface area contributed by atoms with Gasteiger partial charge in [0, 0.05) is 25.3 Å². The van der Waals surface area contributed by atoms with Crippen LogP contribution in [0.1, 0.15) is 50.8 Å². The maximum absolute atomic E-state index is 5.90. The maximum atomic E-state index is 5.90. The van der Waals surface area contributed by atoms with Gasteiger partial charge in [-0.05, 0) is 43.9 Å². The summed E-state index contributed by atoms with van der Waals surface area (Å²) in [6, 6.07) is 2.21. The van der Waals surface area contributed by atoms with Crippen LogP contribution in [0, 0.1) is 6.92 Å². The van der Waals surface area contributed by atoms with Crippen molar-refractivity contribution < 1.29 is 0 Å². The average molecular weight is 235 g/mol. The third-order valence-corrected chi connectivity index (χ3v) is 2.94. The second kappa shape index (κ2) is 6.60. The molecular weight excluding hydrogens is 210 g/mol. The quantitative estimate of drug-likeness (QED) is 0.824. The summed E-state index contributed by atoms with van der Waals surface area (Å²) in [6.45, 7) is 10.6. The minimum atomic E-state index is 0.0577. The predicted molar refractivity (Wildman–Crippen MR) is 74.4 cm³/mol. The molecule has 1 aromatic rings. The van der Waals surface area contributed by atoms with Gasteiger partial charge in [0.25, 0.3) is 0 Å². The van der Waals surface area contributed by atoms with Crippen molar-refractivity contribution in [3.63, 3.8) is 0 Å². The number of aromatic nitrogens is 1. The molecule has 0 aromatic carbocycles. The molecule has 17 heavy (non-hydrogen) atoms. The summed E-state index contributed by atoms with van der Waals surface area (Å²) >= 11 is 0. The minimum Gasteiger partial charge on any atom is -0.357 e. The molecule has 1 aromatic heterocycles. The van der Waals surface area contributed by atoms with E-state index in [1.165, 1.54) is 5.56 Å². The van der Waals surface area contributed by atoms with Crippen LogP contribution < -0.4 is 10.6 Å². The standard InChI is InChI=1S/C14H25N3/c1-5-7-17(8-6-2)14-9-11(3)13(10-16-14)12(4)15/h9-10,12H,5-8,15H2,1-4H3/t12-/m1/s1. The number of aryl methyl sites for hydroxylation is 1. The van der Waals surface area contributed by atoms with Crippen LogP contribution in [0.2, 0.25) is 0 Å². The van der Waals surface area contributed by atoms with Gasteiger partial charge in [-0.25, -0.2) is 4.98 Å². The van der Waals surface area contributed by atoms with Gasteiger partial charge in [0.2, 0.25) is 0 Å². The van der Waals surface area contributed by atoms with Crippen LogP contribution in [0.5, 0.6) is 0 Å². The first kappa shape index (κ1) is 14.0. The lowest BCUT2D eigenvalue weighted by Gasteiger charge is -2.23. The molecule has 0 aliphatic carbocycles. The molecule has 0 unspecified atom stereocenters. The Bertz CT molecular complexity index is 341. The van der Waals surface area contributed by atoms with Crippen molar-refractivity contribution >= 4 is 5.82 Å². The summed E-state index contributed by atoms with van der Waals surface area (Å²) in [7, 11) is 0. The Morgan fingerprint density at radius 2 is 1.88 bits per heavy atom. The Morgan fingerprint density at radius 1 is 1.29 bits per heavy atom. The van der Waals surface area contributed by atoms with Crippen LogP contribution in [-0.2, 0) is 0 Å². The second-order valence-electron chi connectivity index (χ2n) is 4.67. The molecule has 0 fully saturated rings. The molecule has 0 aliphatic heterocycles. The largest absolute Gasteiger partial charge is 0.357 e. The van der Waals surface area contributed by atoms with E-state index >= 15 is 0 Å². The molecule has 96 valence electrons. The number of rotatable bonds is 6.